The number of aliphatic hydroxyl groups is 1. The van der Waals surface area contributed by atoms with E-state index in [-0.39, 0.29) is 29.8 Å². The average Bonchev–Trinajstić information content (AvgIpc) is 3.17. The van der Waals surface area contributed by atoms with Crippen LogP contribution in [0.3, 0.4) is 0 Å². The van der Waals surface area contributed by atoms with Gasteiger partial charge in [0.05, 0.1) is 24.1 Å². The van der Waals surface area contributed by atoms with E-state index >= 15 is 0 Å². The maximum Gasteiger partial charge on any atom is 0.255 e. The molecule has 1 heterocycles. The van der Waals surface area contributed by atoms with Crippen molar-refractivity contribution in [2.75, 3.05) is 12.9 Å². The third-order valence-electron chi connectivity index (χ3n) is 3.93. The van der Waals surface area contributed by atoms with Crippen LogP contribution in [0.2, 0.25) is 0 Å². The third-order valence-corrected chi connectivity index (χ3v) is 5.09. The quantitative estimate of drug-likeness (QED) is 0.810. The molecule has 1 saturated carbocycles. The van der Waals surface area contributed by atoms with Crippen molar-refractivity contribution in [3.8, 4) is 0 Å². The highest BCUT2D eigenvalue weighted by atomic mass is 32.2. The summed E-state index contributed by atoms with van der Waals surface area (Å²) in [5.74, 6) is 0.393. The van der Waals surface area contributed by atoms with Crippen LogP contribution in [0.4, 0.5) is 0 Å². The lowest BCUT2D eigenvalue weighted by Crippen LogP contribution is -2.41. The minimum atomic E-state index is -0.0798. The lowest BCUT2D eigenvalue weighted by molar-refractivity contribution is 0.0934. The zero-order chi connectivity index (χ0) is 15.6. The van der Waals surface area contributed by atoms with E-state index in [9.17, 15) is 9.90 Å². The second kappa shape index (κ2) is 6.83. The van der Waals surface area contributed by atoms with E-state index in [2.05, 4.69) is 24.3 Å². The van der Waals surface area contributed by atoms with E-state index in [0.717, 1.165) is 18.5 Å². The van der Waals surface area contributed by atoms with Crippen LogP contribution in [0.5, 0.6) is 0 Å². The molecule has 1 aliphatic rings. The summed E-state index contributed by atoms with van der Waals surface area (Å²) in [5.41, 5.74) is 1.76. The number of rotatable bonds is 7. The van der Waals surface area contributed by atoms with E-state index in [4.69, 9.17) is 0 Å². The third kappa shape index (κ3) is 3.61. The molecule has 1 aliphatic carbocycles. The molecule has 0 aromatic carbocycles. The molecule has 0 bridgehead atoms. The van der Waals surface area contributed by atoms with Crippen molar-refractivity contribution in [1.29, 1.82) is 0 Å². The SMILES string of the molecule is CSC(CO)C(C)NC(=O)c1cnn(C(C)C)c1C1CC1. The summed E-state index contributed by atoms with van der Waals surface area (Å²) in [7, 11) is 0. The topological polar surface area (TPSA) is 67.2 Å². The molecule has 2 N–H and O–H groups in total. The molecular formula is C15H25N3O2S. The van der Waals surface area contributed by atoms with Crippen LogP contribution in [-0.2, 0) is 0 Å². The summed E-state index contributed by atoms with van der Waals surface area (Å²) in [6.07, 6.45) is 5.90. The van der Waals surface area contributed by atoms with Gasteiger partial charge in [0.25, 0.3) is 5.91 Å². The first-order chi connectivity index (χ1) is 9.99. The fraction of sp³-hybridized carbons (Fsp3) is 0.733. The molecule has 6 heteroatoms. The predicted molar refractivity (Wildman–Crippen MR) is 85.9 cm³/mol. The number of amides is 1. The van der Waals surface area contributed by atoms with Crippen LogP contribution >= 0.6 is 11.8 Å². The van der Waals surface area contributed by atoms with E-state index in [1.54, 1.807) is 18.0 Å². The maximum absolute atomic E-state index is 12.5. The number of thioether (sulfide) groups is 1. The molecule has 21 heavy (non-hydrogen) atoms. The van der Waals surface area contributed by atoms with Gasteiger partial charge >= 0.3 is 0 Å². The number of carbonyl (C=O) groups excluding carboxylic acids is 1. The normalized spacial score (nSPS) is 17.8. The number of nitrogens with one attached hydrogen (secondary N) is 1. The van der Waals surface area contributed by atoms with Crippen molar-refractivity contribution in [2.45, 2.75) is 56.9 Å². The van der Waals surface area contributed by atoms with Crippen LogP contribution in [0.1, 0.15) is 61.6 Å². The molecule has 1 aromatic heterocycles. The molecule has 1 amide bonds. The predicted octanol–water partition coefficient (Wildman–Crippen LogP) is 2.18. The van der Waals surface area contributed by atoms with Gasteiger partial charge in [0.1, 0.15) is 0 Å². The Labute approximate surface area is 130 Å². The van der Waals surface area contributed by atoms with Crippen LogP contribution in [0.25, 0.3) is 0 Å². The van der Waals surface area contributed by atoms with Crippen molar-refractivity contribution in [2.24, 2.45) is 0 Å². The van der Waals surface area contributed by atoms with Crippen LogP contribution < -0.4 is 5.32 Å². The van der Waals surface area contributed by atoms with E-state index in [1.165, 1.54) is 0 Å². The first-order valence-electron chi connectivity index (χ1n) is 7.51. The van der Waals surface area contributed by atoms with Gasteiger partial charge in [-0.1, -0.05) is 0 Å². The molecule has 5 nitrogen and oxygen atoms in total. The van der Waals surface area contributed by atoms with Crippen molar-refractivity contribution in [1.82, 2.24) is 15.1 Å². The Morgan fingerprint density at radius 3 is 2.67 bits per heavy atom. The van der Waals surface area contributed by atoms with E-state index in [0.29, 0.717) is 11.5 Å². The summed E-state index contributed by atoms with van der Waals surface area (Å²) >= 11 is 1.56. The lowest BCUT2D eigenvalue weighted by atomic mass is 10.1. The van der Waals surface area contributed by atoms with Gasteiger partial charge in [0.15, 0.2) is 0 Å². The second-order valence-corrected chi connectivity index (χ2v) is 7.05. The monoisotopic (exact) mass is 311 g/mol. The maximum atomic E-state index is 12.5. The molecule has 1 fully saturated rings. The highest BCUT2D eigenvalue weighted by molar-refractivity contribution is 7.99. The molecule has 2 atom stereocenters. The van der Waals surface area contributed by atoms with Gasteiger partial charge in [-0.05, 0) is 39.9 Å². The molecule has 0 spiro atoms. The largest absolute Gasteiger partial charge is 0.395 e. The molecule has 0 aliphatic heterocycles. The van der Waals surface area contributed by atoms with Gasteiger partial charge in [-0.25, -0.2) is 0 Å². The summed E-state index contributed by atoms with van der Waals surface area (Å²) in [4.78, 5) is 12.5. The molecule has 2 unspecified atom stereocenters. The Kier molecular flexibility index (Phi) is 5.32. The zero-order valence-corrected chi connectivity index (χ0v) is 14.0. The highest BCUT2D eigenvalue weighted by Crippen LogP contribution is 2.42. The highest BCUT2D eigenvalue weighted by Gasteiger charge is 2.33. The molecule has 2 rings (SSSR count). The molecule has 0 radical (unpaired) electrons. The van der Waals surface area contributed by atoms with Gasteiger partial charge in [-0.3, -0.25) is 9.48 Å². The van der Waals surface area contributed by atoms with Crippen LogP contribution in [0, 0.1) is 0 Å². The van der Waals surface area contributed by atoms with Crippen molar-refractivity contribution >= 4 is 17.7 Å². The van der Waals surface area contributed by atoms with Gasteiger partial charge in [-0.15, -0.1) is 0 Å². The Balaban J connectivity index is 2.16. The van der Waals surface area contributed by atoms with E-state index < -0.39 is 0 Å². The fourth-order valence-electron chi connectivity index (χ4n) is 2.54. The summed E-state index contributed by atoms with van der Waals surface area (Å²) in [6, 6.07) is 0.183. The first kappa shape index (κ1) is 16.4. The minimum absolute atomic E-state index is 0.0125. The fourth-order valence-corrected chi connectivity index (χ4v) is 3.16. The Hall–Kier alpha value is -1.01. The van der Waals surface area contributed by atoms with Gasteiger partial charge in [0.2, 0.25) is 0 Å². The number of hydrogen-bond acceptors (Lipinski definition) is 4. The Morgan fingerprint density at radius 1 is 1.52 bits per heavy atom. The van der Waals surface area contributed by atoms with Gasteiger partial charge < -0.3 is 10.4 Å². The Bertz CT molecular complexity index is 493. The van der Waals surface area contributed by atoms with Gasteiger partial charge in [0, 0.05) is 23.3 Å². The number of nitrogens with zero attached hydrogens (tertiary/aromatic N) is 2. The zero-order valence-electron chi connectivity index (χ0n) is 13.2. The number of carbonyl (C=O) groups is 1. The standard InChI is InChI=1S/C15H25N3O2S/c1-9(2)18-14(11-5-6-11)12(7-16-18)15(20)17-10(3)13(8-19)21-4/h7,9-11,13,19H,5-6,8H2,1-4H3,(H,17,20). The summed E-state index contributed by atoms with van der Waals surface area (Å²) in [6.45, 7) is 6.15. The average molecular weight is 311 g/mol. The molecule has 0 saturated heterocycles. The van der Waals surface area contributed by atoms with Crippen LogP contribution in [-0.4, -0.2) is 44.9 Å². The molecular weight excluding hydrogens is 286 g/mol. The number of hydrogen-bond donors (Lipinski definition) is 2. The molecule has 118 valence electrons. The minimum Gasteiger partial charge on any atom is -0.395 e. The van der Waals surface area contributed by atoms with Gasteiger partial charge in [-0.2, -0.15) is 16.9 Å². The van der Waals surface area contributed by atoms with Crippen molar-refractivity contribution < 1.29 is 9.90 Å². The van der Waals surface area contributed by atoms with Crippen molar-refractivity contribution in [3.63, 3.8) is 0 Å². The Morgan fingerprint density at radius 2 is 2.19 bits per heavy atom. The smallest absolute Gasteiger partial charge is 0.255 e. The summed E-state index contributed by atoms with van der Waals surface area (Å²) in [5, 5.41) is 16.7. The number of aliphatic hydroxyl groups excluding tert-OH is 1. The summed E-state index contributed by atoms with van der Waals surface area (Å²) < 4.78 is 1.97. The van der Waals surface area contributed by atoms with Crippen molar-refractivity contribution in [3.05, 3.63) is 17.5 Å². The lowest BCUT2D eigenvalue weighted by Gasteiger charge is -2.21. The first-order valence-corrected chi connectivity index (χ1v) is 8.80. The second-order valence-electron chi connectivity index (χ2n) is 5.97. The van der Waals surface area contributed by atoms with Crippen LogP contribution in [0.15, 0.2) is 6.20 Å². The van der Waals surface area contributed by atoms with E-state index in [1.807, 2.05) is 17.9 Å². The molecule has 1 aromatic rings. The number of aromatic nitrogens is 2.